The molecule has 1 fully saturated rings. The van der Waals surface area contributed by atoms with Crippen LogP contribution in [-0.2, 0) is 4.79 Å². The predicted octanol–water partition coefficient (Wildman–Crippen LogP) is 5.29. The maximum Gasteiger partial charge on any atom is 0.262 e. The number of anilines is 1. The maximum atomic E-state index is 12.2. The third kappa shape index (κ3) is 7.98. The second kappa shape index (κ2) is 12.9. The summed E-state index contributed by atoms with van der Waals surface area (Å²) in [5, 5.41) is 2.86. The highest BCUT2D eigenvalue weighted by molar-refractivity contribution is 8.16. The van der Waals surface area contributed by atoms with Crippen LogP contribution in [0.3, 0.4) is 0 Å². The molecule has 2 aromatic rings. The molecule has 168 valence electrons. The number of rotatable bonds is 11. The molecule has 1 saturated heterocycles. The molecular formula is C24H32N2O3S2. The quantitative estimate of drug-likeness (QED) is 0.491. The monoisotopic (exact) mass is 460 g/mol. The molecule has 0 radical (unpaired) electrons. The van der Waals surface area contributed by atoms with Crippen molar-refractivity contribution in [2.75, 3.05) is 49.7 Å². The van der Waals surface area contributed by atoms with Crippen LogP contribution in [0.15, 0.2) is 48.5 Å². The molecule has 2 aromatic carbocycles. The van der Waals surface area contributed by atoms with Gasteiger partial charge in [-0.3, -0.25) is 4.79 Å². The van der Waals surface area contributed by atoms with Gasteiger partial charge >= 0.3 is 0 Å². The summed E-state index contributed by atoms with van der Waals surface area (Å²) < 4.78 is 11.9. The molecule has 0 atom stereocenters. The number of hydrogen-bond donors (Lipinski definition) is 1. The zero-order valence-corrected chi connectivity index (χ0v) is 20.0. The standard InChI is InChI=1S/C24H32N2O3S2/c1-3-26(4-2)14-15-28-21-12-8-20(9-13-21)25-23(27)18-29-22-10-6-19(7-11-22)24-30-16-5-17-31-24/h6-13,24H,3-5,14-18H2,1-2H3,(H,25,27). The van der Waals surface area contributed by atoms with Crippen LogP contribution < -0.4 is 14.8 Å². The fraction of sp³-hybridized carbons (Fsp3) is 0.458. The molecule has 0 aromatic heterocycles. The van der Waals surface area contributed by atoms with Crippen molar-refractivity contribution >= 4 is 35.1 Å². The minimum atomic E-state index is -0.183. The van der Waals surface area contributed by atoms with E-state index in [0.29, 0.717) is 16.9 Å². The summed E-state index contributed by atoms with van der Waals surface area (Å²) >= 11 is 3.99. The number of amides is 1. The zero-order chi connectivity index (χ0) is 21.9. The summed E-state index contributed by atoms with van der Waals surface area (Å²) in [6, 6.07) is 15.5. The lowest BCUT2D eigenvalue weighted by Crippen LogP contribution is -2.27. The van der Waals surface area contributed by atoms with Gasteiger partial charge in [-0.2, -0.15) is 0 Å². The Balaban J connectivity index is 1.39. The molecule has 1 heterocycles. The minimum absolute atomic E-state index is 0.0194. The van der Waals surface area contributed by atoms with Crippen LogP contribution in [0.1, 0.15) is 30.4 Å². The van der Waals surface area contributed by atoms with E-state index in [-0.39, 0.29) is 12.5 Å². The highest BCUT2D eigenvalue weighted by atomic mass is 32.2. The van der Waals surface area contributed by atoms with Crippen LogP contribution in [0.2, 0.25) is 0 Å². The summed E-state index contributed by atoms with van der Waals surface area (Å²) in [5.41, 5.74) is 2.04. The van der Waals surface area contributed by atoms with Crippen molar-refractivity contribution in [3.05, 3.63) is 54.1 Å². The maximum absolute atomic E-state index is 12.2. The lowest BCUT2D eigenvalue weighted by molar-refractivity contribution is -0.118. The summed E-state index contributed by atoms with van der Waals surface area (Å²) in [4.78, 5) is 14.5. The Bertz CT molecular complexity index is 789. The van der Waals surface area contributed by atoms with Gasteiger partial charge < -0.3 is 19.7 Å². The predicted molar refractivity (Wildman–Crippen MR) is 133 cm³/mol. The second-order valence-corrected chi connectivity index (χ2v) is 9.96. The van der Waals surface area contributed by atoms with Crippen LogP contribution in [-0.4, -0.2) is 55.2 Å². The summed E-state index contributed by atoms with van der Waals surface area (Å²) in [6.45, 7) is 7.88. The van der Waals surface area contributed by atoms with E-state index in [1.54, 1.807) is 0 Å². The first-order valence-corrected chi connectivity index (χ1v) is 13.0. The molecule has 3 rings (SSSR count). The zero-order valence-electron chi connectivity index (χ0n) is 18.3. The van der Waals surface area contributed by atoms with Crippen LogP contribution in [0, 0.1) is 0 Å². The molecule has 5 nitrogen and oxygen atoms in total. The van der Waals surface area contributed by atoms with Gasteiger partial charge in [0.25, 0.3) is 5.91 Å². The van der Waals surface area contributed by atoms with E-state index >= 15 is 0 Å². The topological polar surface area (TPSA) is 50.8 Å². The fourth-order valence-electron chi connectivity index (χ4n) is 3.21. The summed E-state index contributed by atoms with van der Waals surface area (Å²) in [6.07, 6.45) is 1.29. The van der Waals surface area contributed by atoms with E-state index in [2.05, 4.69) is 36.2 Å². The van der Waals surface area contributed by atoms with E-state index < -0.39 is 0 Å². The average Bonchev–Trinajstić information content (AvgIpc) is 2.82. The van der Waals surface area contributed by atoms with Crippen LogP contribution in [0.25, 0.3) is 0 Å². The first-order chi connectivity index (χ1) is 15.2. The number of ether oxygens (including phenoxy) is 2. The van der Waals surface area contributed by atoms with Crippen LogP contribution in [0.4, 0.5) is 5.69 Å². The van der Waals surface area contributed by atoms with E-state index in [4.69, 9.17) is 9.47 Å². The molecule has 0 bridgehead atoms. The normalized spacial score (nSPS) is 14.4. The molecule has 1 aliphatic heterocycles. The Morgan fingerprint density at radius 3 is 2.23 bits per heavy atom. The number of hydrogen-bond acceptors (Lipinski definition) is 6. The number of nitrogens with zero attached hydrogens (tertiary/aromatic N) is 1. The third-order valence-electron chi connectivity index (χ3n) is 5.06. The Morgan fingerprint density at radius 1 is 0.968 bits per heavy atom. The SMILES string of the molecule is CCN(CC)CCOc1ccc(NC(=O)COc2ccc(C3SCCCS3)cc2)cc1. The Hall–Kier alpha value is -1.83. The Kier molecular flexibility index (Phi) is 9.90. The van der Waals surface area contributed by atoms with Crippen molar-refractivity contribution in [2.24, 2.45) is 0 Å². The van der Waals surface area contributed by atoms with Crippen LogP contribution in [0.5, 0.6) is 11.5 Å². The minimum Gasteiger partial charge on any atom is -0.492 e. The average molecular weight is 461 g/mol. The number of nitrogens with one attached hydrogen (secondary N) is 1. The molecule has 0 spiro atoms. The number of carbonyl (C=O) groups excluding carboxylic acids is 1. The largest absolute Gasteiger partial charge is 0.492 e. The van der Waals surface area contributed by atoms with Crippen LogP contribution >= 0.6 is 23.5 Å². The van der Waals surface area contributed by atoms with E-state index in [1.165, 1.54) is 23.5 Å². The second-order valence-electron chi connectivity index (χ2n) is 7.23. The van der Waals surface area contributed by atoms with Crippen molar-refractivity contribution in [1.29, 1.82) is 0 Å². The van der Waals surface area contributed by atoms with Gasteiger partial charge in [-0.1, -0.05) is 26.0 Å². The van der Waals surface area contributed by atoms with E-state index in [9.17, 15) is 4.79 Å². The highest BCUT2D eigenvalue weighted by Gasteiger charge is 2.16. The van der Waals surface area contributed by atoms with Gasteiger partial charge in [0.05, 0.1) is 4.58 Å². The van der Waals surface area contributed by atoms with Gasteiger partial charge in [-0.25, -0.2) is 0 Å². The third-order valence-corrected chi connectivity index (χ3v) is 8.07. The van der Waals surface area contributed by atoms with Crippen molar-refractivity contribution in [3.8, 4) is 11.5 Å². The first kappa shape index (κ1) is 23.8. The molecule has 0 saturated carbocycles. The molecule has 1 N–H and O–H groups in total. The smallest absolute Gasteiger partial charge is 0.262 e. The lowest BCUT2D eigenvalue weighted by atomic mass is 10.2. The van der Waals surface area contributed by atoms with Gasteiger partial charge in [-0.05, 0) is 73.0 Å². The Labute approximate surface area is 194 Å². The molecule has 0 aliphatic carbocycles. The molecule has 1 amide bonds. The fourth-order valence-corrected chi connectivity index (χ4v) is 6.11. The van der Waals surface area contributed by atoms with Crippen molar-refractivity contribution in [2.45, 2.75) is 24.9 Å². The van der Waals surface area contributed by atoms with E-state index in [1.807, 2.05) is 59.9 Å². The molecule has 0 unspecified atom stereocenters. The molecule has 31 heavy (non-hydrogen) atoms. The Morgan fingerprint density at radius 2 is 1.58 bits per heavy atom. The number of carbonyl (C=O) groups is 1. The van der Waals surface area contributed by atoms with Gasteiger partial charge in [0.2, 0.25) is 0 Å². The molecular weight excluding hydrogens is 428 g/mol. The molecule has 7 heteroatoms. The highest BCUT2D eigenvalue weighted by Crippen LogP contribution is 2.43. The van der Waals surface area contributed by atoms with Gasteiger partial charge in [-0.15, -0.1) is 23.5 Å². The van der Waals surface area contributed by atoms with Crippen molar-refractivity contribution in [3.63, 3.8) is 0 Å². The van der Waals surface area contributed by atoms with Crippen molar-refractivity contribution < 1.29 is 14.3 Å². The summed E-state index contributed by atoms with van der Waals surface area (Å²) in [7, 11) is 0. The molecule has 1 aliphatic rings. The first-order valence-electron chi connectivity index (χ1n) is 10.9. The van der Waals surface area contributed by atoms with Gasteiger partial charge in [0.15, 0.2) is 6.61 Å². The number of likely N-dealkylation sites (N-methyl/N-ethyl adjacent to an activating group) is 1. The number of benzene rings is 2. The van der Waals surface area contributed by atoms with Gasteiger partial charge in [0, 0.05) is 12.2 Å². The van der Waals surface area contributed by atoms with Gasteiger partial charge in [0.1, 0.15) is 18.1 Å². The van der Waals surface area contributed by atoms with E-state index in [0.717, 1.165) is 31.1 Å². The number of thioether (sulfide) groups is 2. The summed E-state index contributed by atoms with van der Waals surface area (Å²) in [5.74, 6) is 3.77. The van der Waals surface area contributed by atoms with Crippen molar-refractivity contribution in [1.82, 2.24) is 4.90 Å². The lowest BCUT2D eigenvalue weighted by Gasteiger charge is -2.21.